The average Bonchev–Trinajstić information content (AvgIpc) is 3.45. The van der Waals surface area contributed by atoms with Gasteiger partial charge >= 0.3 is 0 Å². The Morgan fingerprint density at radius 3 is 2.31 bits per heavy atom. The Bertz CT molecular complexity index is 1300. The van der Waals surface area contributed by atoms with Crippen molar-refractivity contribution in [2.24, 2.45) is 5.14 Å². The molecule has 7 nitrogen and oxygen atoms in total. The maximum Gasteiger partial charge on any atom is 0.269 e. The highest BCUT2D eigenvalue weighted by atomic mass is 32.2. The minimum absolute atomic E-state index is 0.0232. The molecule has 4 rings (SSSR count). The number of hydrogen-bond donors (Lipinski definition) is 1. The summed E-state index contributed by atoms with van der Waals surface area (Å²) in [4.78, 5) is 16.3. The van der Waals surface area contributed by atoms with E-state index in [1.54, 1.807) is 47.7 Å². The fourth-order valence-electron chi connectivity index (χ4n) is 3.64. The monoisotopic (exact) mass is 485 g/mol. The van der Waals surface area contributed by atoms with Crippen molar-refractivity contribution in [1.82, 2.24) is 4.98 Å². The van der Waals surface area contributed by atoms with Crippen LogP contribution in [0.3, 0.4) is 0 Å². The van der Waals surface area contributed by atoms with Crippen molar-refractivity contribution in [1.29, 1.82) is 0 Å². The SMILES string of the molecule is NS(=O)(=O)C(c1ccccc1)C(Cc1ccc([N+](=O)[O-])cc1)c1csc(-c2cccs2)n1. The lowest BCUT2D eigenvalue weighted by atomic mass is 9.89. The highest BCUT2D eigenvalue weighted by molar-refractivity contribution is 7.89. The van der Waals surface area contributed by atoms with E-state index in [9.17, 15) is 18.5 Å². The molecule has 0 aliphatic carbocycles. The first-order chi connectivity index (χ1) is 15.3. The van der Waals surface area contributed by atoms with Gasteiger partial charge in [-0.05, 0) is 29.0 Å². The molecule has 2 aromatic carbocycles. The first kappa shape index (κ1) is 22.3. The number of thiazole rings is 1. The van der Waals surface area contributed by atoms with Crippen molar-refractivity contribution in [2.75, 3.05) is 0 Å². The number of hydrogen-bond acceptors (Lipinski definition) is 7. The van der Waals surface area contributed by atoms with Gasteiger partial charge in [0.25, 0.3) is 5.69 Å². The van der Waals surface area contributed by atoms with Crippen LogP contribution in [0, 0.1) is 10.1 Å². The number of nitro benzene ring substituents is 1. The Hall–Kier alpha value is -2.92. The van der Waals surface area contributed by atoms with E-state index in [4.69, 9.17) is 10.1 Å². The van der Waals surface area contributed by atoms with Gasteiger partial charge in [0.2, 0.25) is 10.0 Å². The average molecular weight is 486 g/mol. The third kappa shape index (κ3) is 4.94. The molecule has 0 radical (unpaired) electrons. The largest absolute Gasteiger partial charge is 0.269 e. The van der Waals surface area contributed by atoms with Crippen molar-refractivity contribution >= 4 is 38.4 Å². The quantitative estimate of drug-likeness (QED) is 0.274. The van der Waals surface area contributed by atoms with Crippen LogP contribution < -0.4 is 5.14 Å². The minimum atomic E-state index is -3.99. The van der Waals surface area contributed by atoms with Gasteiger partial charge in [0.1, 0.15) is 10.3 Å². The van der Waals surface area contributed by atoms with Gasteiger partial charge < -0.3 is 0 Å². The van der Waals surface area contributed by atoms with Crippen molar-refractivity contribution in [3.63, 3.8) is 0 Å². The van der Waals surface area contributed by atoms with Gasteiger partial charge in [-0.25, -0.2) is 18.5 Å². The van der Waals surface area contributed by atoms with Crippen molar-refractivity contribution in [3.8, 4) is 9.88 Å². The van der Waals surface area contributed by atoms with Crippen LogP contribution in [0.25, 0.3) is 9.88 Å². The number of rotatable bonds is 8. The minimum Gasteiger partial charge on any atom is -0.258 e. The Labute approximate surface area is 193 Å². The molecule has 0 spiro atoms. The van der Waals surface area contributed by atoms with Crippen LogP contribution in [0.15, 0.2) is 77.5 Å². The molecule has 164 valence electrons. The number of nitrogens with two attached hydrogens (primary N) is 1. The zero-order valence-electron chi connectivity index (χ0n) is 16.7. The second-order valence-electron chi connectivity index (χ2n) is 7.21. The number of aromatic nitrogens is 1. The van der Waals surface area contributed by atoms with Gasteiger partial charge in [0.15, 0.2) is 0 Å². The van der Waals surface area contributed by atoms with E-state index >= 15 is 0 Å². The van der Waals surface area contributed by atoms with Gasteiger partial charge in [-0.3, -0.25) is 10.1 Å². The van der Waals surface area contributed by atoms with Gasteiger partial charge in [-0.15, -0.1) is 22.7 Å². The molecule has 2 unspecified atom stereocenters. The van der Waals surface area contributed by atoms with Gasteiger partial charge in [-0.2, -0.15) is 0 Å². The molecule has 0 saturated carbocycles. The van der Waals surface area contributed by atoms with Crippen LogP contribution in [-0.4, -0.2) is 18.3 Å². The van der Waals surface area contributed by atoms with E-state index in [2.05, 4.69) is 0 Å². The zero-order chi connectivity index (χ0) is 22.7. The first-order valence-electron chi connectivity index (χ1n) is 9.62. The highest BCUT2D eigenvalue weighted by Crippen LogP contribution is 2.40. The summed E-state index contributed by atoms with van der Waals surface area (Å²) in [5.41, 5.74) is 1.94. The van der Waals surface area contributed by atoms with Gasteiger partial charge in [0, 0.05) is 23.4 Å². The lowest BCUT2D eigenvalue weighted by Gasteiger charge is -2.25. The summed E-state index contributed by atoms with van der Waals surface area (Å²) in [6, 6.07) is 18.9. The third-order valence-corrected chi connectivity index (χ3v) is 8.29. The fraction of sp³-hybridized carbons (Fsp3) is 0.136. The number of benzene rings is 2. The Balaban J connectivity index is 1.79. The summed E-state index contributed by atoms with van der Waals surface area (Å²) in [6.07, 6.45) is 0.307. The molecule has 10 heteroatoms. The summed E-state index contributed by atoms with van der Waals surface area (Å²) in [5.74, 6) is -0.571. The van der Waals surface area contributed by atoms with Crippen molar-refractivity contribution in [3.05, 3.63) is 104 Å². The lowest BCUT2D eigenvalue weighted by molar-refractivity contribution is -0.384. The van der Waals surface area contributed by atoms with Crippen LogP contribution in [0.1, 0.15) is 28.0 Å². The predicted octanol–water partition coefficient (Wildman–Crippen LogP) is 5.14. The Morgan fingerprint density at radius 1 is 1.00 bits per heavy atom. The molecule has 0 saturated heterocycles. The number of thiophene rings is 1. The molecule has 2 N–H and O–H groups in total. The molecule has 2 heterocycles. The first-order valence-corrected chi connectivity index (χ1v) is 13.0. The van der Waals surface area contributed by atoms with Crippen LogP contribution in [0.4, 0.5) is 5.69 Å². The van der Waals surface area contributed by atoms with E-state index in [1.165, 1.54) is 23.5 Å². The number of non-ortho nitro benzene ring substituents is 1. The Kier molecular flexibility index (Phi) is 6.47. The number of nitrogens with zero attached hydrogens (tertiary/aromatic N) is 2. The van der Waals surface area contributed by atoms with Crippen LogP contribution >= 0.6 is 22.7 Å². The number of sulfonamides is 1. The molecule has 0 fully saturated rings. The predicted molar refractivity (Wildman–Crippen MR) is 127 cm³/mol. The second-order valence-corrected chi connectivity index (χ2v) is 10.7. The summed E-state index contributed by atoms with van der Waals surface area (Å²) >= 11 is 3.01. The van der Waals surface area contributed by atoms with Crippen molar-refractivity contribution in [2.45, 2.75) is 17.6 Å². The van der Waals surface area contributed by atoms with Gasteiger partial charge in [0.05, 0.1) is 15.5 Å². The molecule has 4 aromatic rings. The van der Waals surface area contributed by atoms with E-state index in [1.807, 2.05) is 29.0 Å². The van der Waals surface area contributed by atoms with Crippen molar-refractivity contribution < 1.29 is 13.3 Å². The summed E-state index contributed by atoms with van der Waals surface area (Å²) < 4.78 is 25.6. The molecule has 0 aliphatic rings. The van der Waals surface area contributed by atoms with E-state index in [-0.39, 0.29) is 5.69 Å². The topological polar surface area (TPSA) is 116 Å². The van der Waals surface area contributed by atoms with E-state index < -0.39 is 26.1 Å². The molecular formula is C22H19N3O4S3. The molecule has 2 atom stereocenters. The normalized spacial score (nSPS) is 13.5. The molecule has 0 bridgehead atoms. The van der Waals surface area contributed by atoms with Crippen LogP contribution in [-0.2, 0) is 16.4 Å². The molecule has 0 amide bonds. The smallest absolute Gasteiger partial charge is 0.258 e. The highest BCUT2D eigenvalue weighted by Gasteiger charge is 2.35. The number of nitro groups is 1. The fourth-order valence-corrected chi connectivity index (χ4v) is 6.57. The Morgan fingerprint density at radius 2 is 1.72 bits per heavy atom. The van der Waals surface area contributed by atoms with Crippen LogP contribution in [0.5, 0.6) is 0 Å². The lowest BCUT2D eigenvalue weighted by Crippen LogP contribution is -2.28. The third-order valence-electron chi connectivity index (χ3n) is 5.08. The summed E-state index contributed by atoms with van der Waals surface area (Å²) in [7, 11) is -3.99. The van der Waals surface area contributed by atoms with Crippen LogP contribution in [0.2, 0.25) is 0 Å². The summed E-state index contributed by atoms with van der Waals surface area (Å²) in [5, 5.41) is 20.3. The van der Waals surface area contributed by atoms with E-state index in [0.29, 0.717) is 17.7 Å². The van der Waals surface area contributed by atoms with E-state index in [0.717, 1.165) is 15.4 Å². The molecule has 32 heavy (non-hydrogen) atoms. The second kappa shape index (κ2) is 9.29. The zero-order valence-corrected chi connectivity index (χ0v) is 19.1. The van der Waals surface area contributed by atoms with Gasteiger partial charge in [-0.1, -0.05) is 48.5 Å². The standard InChI is InChI=1S/C22H19N3O4S3/c23-32(28,29)21(16-5-2-1-3-6-16)18(13-15-8-10-17(11-9-15)25(26)27)19-14-31-22(24-19)20-7-4-12-30-20/h1-12,14,18,21H,13H2,(H2,23,28,29). The molecule has 0 aliphatic heterocycles. The summed E-state index contributed by atoms with van der Waals surface area (Å²) in [6.45, 7) is 0. The molecular weight excluding hydrogens is 466 g/mol. The maximum atomic E-state index is 12.8. The number of primary sulfonamides is 1. The molecule has 2 aromatic heterocycles. The maximum absolute atomic E-state index is 12.8.